The summed E-state index contributed by atoms with van der Waals surface area (Å²) in [4.78, 5) is 0. The topological polar surface area (TPSA) is 9.23 Å². The Morgan fingerprint density at radius 1 is 1.19 bits per heavy atom. The molecule has 2 aliphatic rings. The van der Waals surface area contributed by atoms with E-state index in [0.717, 1.165) is 35.2 Å². The molecular weight excluding hydrogens is 392 g/mol. The Morgan fingerprint density at radius 2 is 1.90 bits per heavy atom. The molecule has 3 heteroatoms. The molecule has 1 atom stereocenters. The number of benzene rings is 1. The molecule has 0 spiro atoms. The Bertz CT molecular complexity index is 490. The lowest BCUT2D eigenvalue weighted by atomic mass is 9.73. The van der Waals surface area contributed by atoms with Crippen LogP contribution in [0.5, 0.6) is 5.75 Å². The van der Waals surface area contributed by atoms with E-state index in [-0.39, 0.29) is 0 Å². The molecule has 0 bridgehead atoms. The van der Waals surface area contributed by atoms with Crippen molar-refractivity contribution in [3.8, 4) is 5.75 Å². The zero-order valence-electron chi connectivity index (χ0n) is 12.7. The lowest BCUT2D eigenvalue weighted by Gasteiger charge is -2.38. The zero-order valence-corrected chi connectivity index (χ0v) is 15.9. The molecule has 1 fully saturated rings. The van der Waals surface area contributed by atoms with Crippen molar-refractivity contribution in [2.24, 2.45) is 11.3 Å². The van der Waals surface area contributed by atoms with Gasteiger partial charge in [0.1, 0.15) is 11.9 Å². The fourth-order valence-corrected chi connectivity index (χ4v) is 6.39. The van der Waals surface area contributed by atoms with E-state index in [1.807, 2.05) is 0 Å². The maximum atomic E-state index is 6.24. The van der Waals surface area contributed by atoms with Crippen LogP contribution in [0.4, 0.5) is 0 Å². The average Bonchev–Trinajstić information content (AvgIpc) is 3.13. The molecular formula is C18H24Br2O. The van der Waals surface area contributed by atoms with Crippen LogP contribution in [0.15, 0.2) is 18.2 Å². The van der Waals surface area contributed by atoms with Gasteiger partial charge in [-0.3, -0.25) is 0 Å². The number of alkyl halides is 2. The number of aryl methyl sites for hydroxylation is 1. The van der Waals surface area contributed by atoms with E-state index in [9.17, 15) is 0 Å². The lowest BCUT2D eigenvalue weighted by Crippen LogP contribution is -2.38. The number of ether oxygens (including phenoxy) is 1. The minimum atomic E-state index is 0.345. The summed E-state index contributed by atoms with van der Waals surface area (Å²) >= 11 is 7.62. The van der Waals surface area contributed by atoms with E-state index in [1.165, 1.54) is 36.8 Å². The van der Waals surface area contributed by atoms with Crippen LogP contribution in [0.2, 0.25) is 0 Å². The van der Waals surface area contributed by atoms with Crippen LogP contribution in [-0.2, 0) is 6.42 Å². The molecule has 1 aromatic rings. The molecule has 116 valence electrons. The van der Waals surface area contributed by atoms with Crippen molar-refractivity contribution in [3.05, 3.63) is 29.3 Å². The Kier molecular flexibility index (Phi) is 5.00. The minimum Gasteiger partial charge on any atom is -0.490 e. The molecule has 1 saturated carbocycles. The summed E-state index contributed by atoms with van der Waals surface area (Å²) < 4.78 is 6.24. The number of hydrogen-bond acceptors (Lipinski definition) is 1. The van der Waals surface area contributed by atoms with Crippen LogP contribution in [-0.4, -0.2) is 16.8 Å². The van der Waals surface area contributed by atoms with E-state index < -0.39 is 0 Å². The fraction of sp³-hybridized carbons (Fsp3) is 0.667. The first-order chi connectivity index (χ1) is 10.2. The number of hydrogen-bond donors (Lipinski definition) is 0. The first-order valence-corrected chi connectivity index (χ1v) is 10.3. The Hall–Kier alpha value is -0.0200. The molecule has 1 aliphatic carbocycles. The molecule has 3 rings (SSSR count). The monoisotopic (exact) mass is 414 g/mol. The predicted octanol–water partition coefficient (Wildman–Crippen LogP) is 5.66. The van der Waals surface area contributed by atoms with Crippen molar-refractivity contribution in [2.75, 3.05) is 10.7 Å². The van der Waals surface area contributed by atoms with Crippen molar-refractivity contribution < 1.29 is 4.74 Å². The highest BCUT2D eigenvalue weighted by atomic mass is 79.9. The number of fused-ring (bicyclic) bond motifs is 1. The van der Waals surface area contributed by atoms with Crippen molar-refractivity contribution in [3.63, 3.8) is 0 Å². The van der Waals surface area contributed by atoms with Gasteiger partial charge in [0.05, 0.1) is 0 Å². The van der Waals surface area contributed by atoms with Crippen LogP contribution in [0, 0.1) is 18.3 Å². The molecule has 1 unspecified atom stereocenters. The summed E-state index contributed by atoms with van der Waals surface area (Å²) in [6, 6.07) is 6.58. The first kappa shape index (κ1) is 15.9. The van der Waals surface area contributed by atoms with Gasteiger partial charge in [-0.25, -0.2) is 0 Å². The third-order valence-corrected chi connectivity index (χ3v) is 7.58. The smallest absolute Gasteiger partial charge is 0.123 e. The summed E-state index contributed by atoms with van der Waals surface area (Å²) in [5.41, 5.74) is 3.07. The second kappa shape index (κ2) is 6.62. The summed E-state index contributed by atoms with van der Waals surface area (Å²) in [7, 11) is 0. The quantitative estimate of drug-likeness (QED) is 0.564. The first-order valence-electron chi connectivity index (χ1n) is 8.05. The fourth-order valence-electron chi connectivity index (χ4n) is 4.08. The van der Waals surface area contributed by atoms with Crippen molar-refractivity contribution in [1.29, 1.82) is 0 Å². The molecule has 0 N–H and O–H groups in total. The lowest BCUT2D eigenvalue weighted by molar-refractivity contribution is 0.120. The molecule has 1 aliphatic heterocycles. The van der Waals surface area contributed by atoms with Crippen LogP contribution < -0.4 is 4.74 Å². The van der Waals surface area contributed by atoms with Gasteiger partial charge in [-0.2, -0.15) is 0 Å². The van der Waals surface area contributed by atoms with Gasteiger partial charge in [-0.05, 0) is 49.1 Å². The summed E-state index contributed by atoms with van der Waals surface area (Å²) in [5, 5.41) is 2.15. The highest BCUT2D eigenvalue weighted by Gasteiger charge is 2.42. The Morgan fingerprint density at radius 3 is 2.57 bits per heavy atom. The van der Waals surface area contributed by atoms with E-state index >= 15 is 0 Å². The van der Waals surface area contributed by atoms with Crippen LogP contribution in [0.3, 0.4) is 0 Å². The van der Waals surface area contributed by atoms with Crippen molar-refractivity contribution in [1.82, 2.24) is 0 Å². The van der Waals surface area contributed by atoms with Gasteiger partial charge in [0.15, 0.2) is 0 Å². The van der Waals surface area contributed by atoms with Gasteiger partial charge < -0.3 is 4.74 Å². The summed E-state index contributed by atoms with van der Waals surface area (Å²) in [6.45, 7) is 2.16. The maximum absolute atomic E-state index is 6.24. The number of rotatable bonds is 5. The van der Waals surface area contributed by atoms with Gasteiger partial charge in [-0.1, -0.05) is 62.4 Å². The van der Waals surface area contributed by atoms with Crippen LogP contribution >= 0.6 is 31.9 Å². The second-order valence-corrected chi connectivity index (χ2v) is 7.99. The number of halogens is 2. The molecule has 21 heavy (non-hydrogen) atoms. The predicted molar refractivity (Wildman–Crippen MR) is 95.9 cm³/mol. The summed E-state index contributed by atoms with van der Waals surface area (Å²) in [6.07, 6.45) is 8.14. The molecule has 0 amide bonds. The highest BCUT2D eigenvalue weighted by molar-refractivity contribution is 9.09. The molecule has 0 saturated heterocycles. The third-order valence-electron chi connectivity index (χ3n) is 5.34. The second-order valence-electron chi connectivity index (χ2n) is 6.87. The van der Waals surface area contributed by atoms with E-state index in [0.29, 0.717) is 11.5 Å². The normalized spacial score (nSPS) is 22.3. The molecule has 1 nitrogen and oxygen atoms in total. The van der Waals surface area contributed by atoms with Gasteiger partial charge in [0, 0.05) is 17.1 Å². The largest absolute Gasteiger partial charge is 0.490 e. The Balaban J connectivity index is 1.73. The molecule has 1 aromatic carbocycles. The standard InChI is InChI=1S/C18H24Br2O/c1-13-6-7-17-14(8-13)9-16(21-17)10-18(11-19,12-20)15-4-2-3-5-15/h6-8,15-16H,2-5,9-12H2,1H3. The molecule has 0 radical (unpaired) electrons. The van der Waals surface area contributed by atoms with Gasteiger partial charge in [0.2, 0.25) is 0 Å². The maximum Gasteiger partial charge on any atom is 0.123 e. The Labute approximate surface area is 145 Å². The summed E-state index contributed by atoms with van der Waals surface area (Å²) in [5.74, 6) is 1.94. The van der Waals surface area contributed by atoms with Crippen LogP contribution in [0.1, 0.15) is 43.2 Å². The van der Waals surface area contributed by atoms with E-state index in [2.05, 4.69) is 57.0 Å². The zero-order chi connectivity index (χ0) is 14.9. The van der Waals surface area contributed by atoms with Crippen LogP contribution in [0.25, 0.3) is 0 Å². The van der Waals surface area contributed by atoms with E-state index in [4.69, 9.17) is 4.74 Å². The average molecular weight is 416 g/mol. The van der Waals surface area contributed by atoms with Gasteiger partial charge in [0.25, 0.3) is 0 Å². The highest BCUT2D eigenvalue weighted by Crippen LogP contribution is 2.47. The van der Waals surface area contributed by atoms with Crippen molar-refractivity contribution >= 4 is 31.9 Å². The minimum absolute atomic E-state index is 0.345. The van der Waals surface area contributed by atoms with E-state index in [1.54, 1.807) is 0 Å². The SMILES string of the molecule is Cc1ccc2c(c1)CC(CC(CBr)(CBr)C1CCCC1)O2. The van der Waals surface area contributed by atoms with Gasteiger partial charge >= 0.3 is 0 Å². The third kappa shape index (κ3) is 3.19. The van der Waals surface area contributed by atoms with Crippen molar-refractivity contribution in [2.45, 2.75) is 51.6 Å². The molecule has 0 aromatic heterocycles. The van der Waals surface area contributed by atoms with Gasteiger partial charge in [-0.15, -0.1) is 0 Å². The molecule has 1 heterocycles.